The predicted octanol–water partition coefficient (Wildman–Crippen LogP) is 5.79. The fourth-order valence-corrected chi connectivity index (χ4v) is 5.51. The fraction of sp³-hybridized carbons (Fsp3) is 0.739. The molecule has 0 radical (unpaired) electrons. The highest BCUT2D eigenvalue weighted by Crippen LogP contribution is 2.48. The van der Waals surface area contributed by atoms with Crippen LogP contribution in [0.4, 0.5) is 0 Å². The van der Waals surface area contributed by atoms with E-state index < -0.39 is 0 Å². The van der Waals surface area contributed by atoms with Gasteiger partial charge in [0.1, 0.15) is 6.23 Å². The highest BCUT2D eigenvalue weighted by molar-refractivity contribution is 5.28. The molecule has 0 bridgehead atoms. The minimum absolute atomic E-state index is 0.0594. The second-order valence-electron chi connectivity index (χ2n) is 9.50. The molecule has 2 unspecified atom stereocenters. The van der Waals surface area contributed by atoms with Crippen molar-refractivity contribution in [3.63, 3.8) is 0 Å². The highest BCUT2D eigenvalue weighted by Gasteiger charge is 2.36. The Kier molecular flexibility index (Phi) is 4.94. The van der Waals surface area contributed by atoms with Gasteiger partial charge in [-0.15, -0.1) is 0 Å². The standard InChI is InChI=1S/C23H35NO/c1-4-16-5-6-21-14-20(12-11-19(21)13-16)17-7-9-18(10-8-17)22-24-23(2,3)15-25-22/h7-10,16,19-22,24H,4-6,11-15H2,1-3H3/t16?,19-,20-,21-,22?/m1/s1. The van der Waals surface area contributed by atoms with Crippen molar-refractivity contribution in [2.45, 2.75) is 83.4 Å². The summed E-state index contributed by atoms with van der Waals surface area (Å²) in [5.41, 5.74) is 2.91. The van der Waals surface area contributed by atoms with Gasteiger partial charge in [-0.05, 0) is 80.8 Å². The Labute approximate surface area is 153 Å². The normalized spacial score (nSPS) is 37.6. The molecule has 0 spiro atoms. The molecule has 5 atom stereocenters. The average molecular weight is 342 g/mol. The number of hydrogen-bond acceptors (Lipinski definition) is 2. The molecule has 2 heteroatoms. The number of nitrogens with one attached hydrogen (secondary N) is 1. The Bertz CT molecular complexity index is 578. The van der Waals surface area contributed by atoms with Crippen LogP contribution in [0.15, 0.2) is 24.3 Å². The van der Waals surface area contributed by atoms with Crippen LogP contribution in [0.25, 0.3) is 0 Å². The van der Waals surface area contributed by atoms with Gasteiger partial charge in [-0.2, -0.15) is 0 Å². The maximum absolute atomic E-state index is 5.92. The summed E-state index contributed by atoms with van der Waals surface area (Å²) in [7, 11) is 0. The van der Waals surface area contributed by atoms with E-state index in [-0.39, 0.29) is 11.8 Å². The Morgan fingerprint density at radius 2 is 1.64 bits per heavy atom. The molecule has 1 saturated heterocycles. The minimum Gasteiger partial charge on any atom is -0.357 e. The van der Waals surface area contributed by atoms with Crippen molar-refractivity contribution >= 4 is 0 Å². The third kappa shape index (κ3) is 3.80. The Hall–Kier alpha value is -0.860. The first-order valence-corrected chi connectivity index (χ1v) is 10.5. The molecule has 1 heterocycles. The van der Waals surface area contributed by atoms with Crippen LogP contribution in [0.5, 0.6) is 0 Å². The van der Waals surface area contributed by atoms with Crippen molar-refractivity contribution in [1.29, 1.82) is 0 Å². The molecule has 1 N–H and O–H groups in total. The first-order chi connectivity index (χ1) is 12.0. The smallest absolute Gasteiger partial charge is 0.134 e. The van der Waals surface area contributed by atoms with E-state index >= 15 is 0 Å². The molecular weight excluding hydrogens is 306 g/mol. The van der Waals surface area contributed by atoms with E-state index in [9.17, 15) is 0 Å². The number of fused-ring (bicyclic) bond motifs is 1. The zero-order valence-electron chi connectivity index (χ0n) is 16.3. The summed E-state index contributed by atoms with van der Waals surface area (Å²) in [5, 5.41) is 3.57. The summed E-state index contributed by atoms with van der Waals surface area (Å²) in [6.45, 7) is 7.56. The van der Waals surface area contributed by atoms with Gasteiger partial charge in [-0.3, -0.25) is 5.32 Å². The van der Waals surface area contributed by atoms with Crippen molar-refractivity contribution in [2.75, 3.05) is 6.61 Å². The number of benzene rings is 1. The van der Waals surface area contributed by atoms with Gasteiger partial charge in [0, 0.05) is 5.54 Å². The Morgan fingerprint density at radius 3 is 2.32 bits per heavy atom. The lowest BCUT2D eigenvalue weighted by molar-refractivity contribution is 0.0988. The Morgan fingerprint density at radius 1 is 0.960 bits per heavy atom. The van der Waals surface area contributed by atoms with Gasteiger partial charge in [0.2, 0.25) is 0 Å². The summed E-state index contributed by atoms with van der Waals surface area (Å²) in [6, 6.07) is 9.31. The summed E-state index contributed by atoms with van der Waals surface area (Å²) < 4.78 is 5.92. The van der Waals surface area contributed by atoms with Crippen LogP contribution in [0.1, 0.15) is 89.0 Å². The molecule has 3 fully saturated rings. The molecule has 2 nitrogen and oxygen atoms in total. The molecule has 138 valence electrons. The molecule has 4 rings (SSSR count). The van der Waals surface area contributed by atoms with E-state index in [0.29, 0.717) is 0 Å². The van der Waals surface area contributed by atoms with Crippen molar-refractivity contribution in [2.24, 2.45) is 17.8 Å². The summed E-state index contributed by atoms with van der Waals surface area (Å²) >= 11 is 0. The van der Waals surface area contributed by atoms with Crippen molar-refractivity contribution in [3.05, 3.63) is 35.4 Å². The average Bonchev–Trinajstić information content (AvgIpc) is 3.01. The van der Waals surface area contributed by atoms with E-state index in [1.54, 1.807) is 5.56 Å². The molecule has 2 saturated carbocycles. The monoisotopic (exact) mass is 341 g/mol. The SMILES string of the molecule is CCC1CC[C@@H]2C[C@H](c3ccc(C4NC(C)(C)CO4)cc3)CC[C@@H]2C1. The van der Waals surface area contributed by atoms with Crippen molar-refractivity contribution in [1.82, 2.24) is 5.32 Å². The number of rotatable bonds is 3. The molecule has 0 aromatic heterocycles. The largest absolute Gasteiger partial charge is 0.357 e. The van der Waals surface area contributed by atoms with Crippen LogP contribution in [0.3, 0.4) is 0 Å². The number of ether oxygens (including phenoxy) is 1. The molecule has 1 aromatic rings. The lowest BCUT2D eigenvalue weighted by Gasteiger charge is -2.42. The van der Waals surface area contributed by atoms with E-state index in [2.05, 4.69) is 50.4 Å². The summed E-state index contributed by atoms with van der Waals surface area (Å²) in [6.07, 6.45) is 10.2. The van der Waals surface area contributed by atoms with Gasteiger partial charge in [0.15, 0.2) is 0 Å². The minimum atomic E-state index is 0.0594. The van der Waals surface area contributed by atoms with Gasteiger partial charge in [0.05, 0.1) is 6.61 Å². The molecule has 2 aliphatic carbocycles. The topological polar surface area (TPSA) is 21.3 Å². The maximum Gasteiger partial charge on any atom is 0.134 e. The van der Waals surface area contributed by atoms with Crippen LogP contribution >= 0.6 is 0 Å². The lowest BCUT2D eigenvalue weighted by atomic mass is 9.63. The first kappa shape index (κ1) is 17.5. The van der Waals surface area contributed by atoms with E-state index in [1.807, 2.05) is 0 Å². The third-order valence-electron chi connectivity index (χ3n) is 7.14. The van der Waals surface area contributed by atoms with Gasteiger partial charge in [-0.25, -0.2) is 0 Å². The zero-order valence-corrected chi connectivity index (χ0v) is 16.3. The van der Waals surface area contributed by atoms with Crippen LogP contribution in [0, 0.1) is 17.8 Å². The zero-order chi connectivity index (χ0) is 17.4. The van der Waals surface area contributed by atoms with Crippen molar-refractivity contribution < 1.29 is 4.74 Å². The summed E-state index contributed by atoms with van der Waals surface area (Å²) in [4.78, 5) is 0. The Balaban J connectivity index is 1.38. The van der Waals surface area contributed by atoms with Crippen molar-refractivity contribution in [3.8, 4) is 0 Å². The van der Waals surface area contributed by atoms with Gasteiger partial charge >= 0.3 is 0 Å². The van der Waals surface area contributed by atoms with Crippen LogP contribution in [-0.2, 0) is 4.74 Å². The van der Waals surface area contributed by atoms with E-state index in [4.69, 9.17) is 4.74 Å². The van der Waals surface area contributed by atoms with Crippen LogP contribution < -0.4 is 5.32 Å². The molecular formula is C23H35NO. The molecule has 3 aliphatic rings. The van der Waals surface area contributed by atoms with Crippen LogP contribution in [-0.4, -0.2) is 12.1 Å². The first-order valence-electron chi connectivity index (χ1n) is 10.5. The number of hydrogen-bond donors (Lipinski definition) is 1. The van der Waals surface area contributed by atoms with Gasteiger partial charge < -0.3 is 4.74 Å². The highest BCUT2D eigenvalue weighted by atomic mass is 16.5. The third-order valence-corrected chi connectivity index (χ3v) is 7.14. The van der Waals surface area contributed by atoms with Gasteiger partial charge in [-0.1, -0.05) is 44.0 Å². The second-order valence-corrected chi connectivity index (χ2v) is 9.50. The van der Waals surface area contributed by atoms with Crippen LogP contribution in [0.2, 0.25) is 0 Å². The fourth-order valence-electron chi connectivity index (χ4n) is 5.51. The summed E-state index contributed by atoms with van der Waals surface area (Å²) in [5.74, 6) is 3.80. The molecule has 0 amide bonds. The quantitative estimate of drug-likeness (QED) is 0.751. The van der Waals surface area contributed by atoms with Gasteiger partial charge in [0.25, 0.3) is 0 Å². The van der Waals surface area contributed by atoms with E-state index in [0.717, 1.165) is 30.3 Å². The predicted molar refractivity (Wildman–Crippen MR) is 104 cm³/mol. The van der Waals surface area contributed by atoms with E-state index in [1.165, 1.54) is 50.5 Å². The lowest BCUT2D eigenvalue weighted by Crippen LogP contribution is -2.35. The second kappa shape index (κ2) is 7.04. The molecule has 1 aromatic carbocycles. The molecule has 25 heavy (non-hydrogen) atoms. The molecule has 1 aliphatic heterocycles. The maximum atomic E-state index is 5.92.